The number of sulfone groups is 1. The zero-order valence-electron chi connectivity index (χ0n) is 13.2. The molecular weight excluding hydrogens is 372 g/mol. The van der Waals surface area contributed by atoms with Crippen LogP contribution in [0.5, 0.6) is 5.75 Å². The molecule has 0 radical (unpaired) electrons. The molecule has 1 amide bonds. The van der Waals surface area contributed by atoms with Crippen molar-refractivity contribution < 1.29 is 17.9 Å². The van der Waals surface area contributed by atoms with Crippen LogP contribution in [-0.2, 0) is 14.6 Å². The highest BCUT2D eigenvalue weighted by Gasteiger charge is 2.50. The van der Waals surface area contributed by atoms with Crippen molar-refractivity contribution in [1.29, 1.82) is 0 Å². The number of fused-ring (bicyclic) bond motifs is 1. The number of carbonyl (C=O) groups excluding carboxylic acids is 1. The maximum Gasteiger partial charge on any atom is 0.247 e. The van der Waals surface area contributed by atoms with Crippen LogP contribution in [0, 0.1) is 0 Å². The second-order valence-corrected chi connectivity index (χ2v) is 9.42. The summed E-state index contributed by atoms with van der Waals surface area (Å²) in [4.78, 5) is 17.8. The molecule has 1 aromatic carbocycles. The predicted molar refractivity (Wildman–Crippen MR) is 97.0 cm³/mol. The predicted octanol–water partition coefficient (Wildman–Crippen LogP) is 2.36. The summed E-state index contributed by atoms with van der Waals surface area (Å²) in [7, 11) is -1.58. The molecule has 2 saturated heterocycles. The topological polar surface area (TPSA) is 76.0 Å². The van der Waals surface area contributed by atoms with E-state index < -0.39 is 9.84 Å². The van der Waals surface area contributed by atoms with E-state index in [9.17, 15) is 13.2 Å². The van der Waals surface area contributed by atoms with Crippen LogP contribution in [0.1, 0.15) is 13.3 Å². The van der Waals surface area contributed by atoms with Crippen LogP contribution >= 0.6 is 23.4 Å². The Kier molecular flexibility index (Phi) is 4.81. The van der Waals surface area contributed by atoms with Gasteiger partial charge in [-0.25, -0.2) is 8.42 Å². The largest absolute Gasteiger partial charge is 0.495 e. The third-order valence-electron chi connectivity index (χ3n) is 3.99. The molecule has 0 unspecified atom stereocenters. The lowest BCUT2D eigenvalue weighted by atomic mass is 10.2. The van der Waals surface area contributed by atoms with Crippen LogP contribution in [0.4, 0.5) is 5.69 Å². The lowest BCUT2D eigenvalue weighted by Gasteiger charge is -2.26. The van der Waals surface area contributed by atoms with Gasteiger partial charge in [0, 0.05) is 16.7 Å². The summed E-state index contributed by atoms with van der Waals surface area (Å²) in [6.45, 7) is 1.74. The Balaban J connectivity index is 2.10. The van der Waals surface area contributed by atoms with Crippen LogP contribution in [0.25, 0.3) is 0 Å². The number of ether oxygens (including phenoxy) is 1. The molecule has 0 aliphatic carbocycles. The van der Waals surface area contributed by atoms with Gasteiger partial charge in [-0.3, -0.25) is 4.79 Å². The molecule has 0 saturated carbocycles. The van der Waals surface area contributed by atoms with E-state index in [1.54, 1.807) is 30.0 Å². The van der Waals surface area contributed by atoms with Crippen molar-refractivity contribution >= 4 is 50.0 Å². The summed E-state index contributed by atoms with van der Waals surface area (Å²) in [5, 5.41) is 0.857. The number of nitrogens with zero attached hydrogens (tertiary/aromatic N) is 2. The van der Waals surface area contributed by atoms with E-state index in [0.717, 1.165) is 0 Å². The van der Waals surface area contributed by atoms with Crippen molar-refractivity contribution in [3.63, 3.8) is 0 Å². The molecule has 2 fully saturated rings. The first-order valence-corrected chi connectivity index (χ1v) is 10.5. The molecule has 0 spiro atoms. The number of methoxy groups -OCH3 is 1. The number of rotatable bonds is 3. The van der Waals surface area contributed by atoms with Gasteiger partial charge in [0.2, 0.25) is 5.91 Å². The van der Waals surface area contributed by atoms with E-state index in [0.29, 0.717) is 21.6 Å². The SMILES string of the molecule is CCC(=O)N=C1S[C@@H]2CS(=O)(=O)C[C@H]2N1c1cc(Cl)ccc1OC. The molecule has 2 atom stereocenters. The van der Waals surface area contributed by atoms with Gasteiger partial charge in [0.05, 0.1) is 30.3 Å². The molecule has 2 aliphatic rings. The minimum Gasteiger partial charge on any atom is -0.495 e. The fourth-order valence-corrected chi connectivity index (χ4v) is 6.97. The first-order chi connectivity index (χ1) is 11.3. The Morgan fingerprint density at radius 2 is 2.21 bits per heavy atom. The van der Waals surface area contributed by atoms with Crippen LogP contribution in [0.2, 0.25) is 5.02 Å². The van der Waals surface area contributed by atoms with E-state index in [2.05, 4.69) is 4.99 Å². The molecule has 3 rings (SSSR count). The highest BCUT2D eigenvalue weighted by atomic mass is 35.5. The summed E-state index contributed by atoms with van der Waals surface area (Å²) in [5.41, 5.74) is 0.629. The molecule has 9 heteroatoms. The number of hydrogen-bond acceptors (Lipinski definition) is 5. The molecule has 0 bridgehead atoms. The van der Waals surface area contributed by atoms with Crippen molar-refractivity contribution in [2.24, 2.45) is 4.99 Å². The Bertz CT molecular complexity index is 810. The smallest absolute Gasteiger partial charge is 0.247 e. The van der Waals surface area contributed by atoms with Gasteiger partial charge in [-0.05, 0) is 18.2 Å². The minimum absolute atomic E-state index is 0.0275. The minimum atomic E-state index is -3.11. The number of anilines is 1. The van der Waals surface area contributed by atoms with Crippen molar-refractivity contribution in [2.75, 3.05) is 23.5 Å². The highest BCUT2D eigenvalue weighted by molar-refractivity contribution is 8.16. The van der Waals surface area contributed by atoms with E-state index in [4.69, 9.17) is 16.3 Å². The third kappa shape index (κ3) is 3.27. The number of amidine groups is 1. The number of carbonyl (C=O) groups is 1. The Morgan fingerprint density at radius 1 is 1.46 bits per heavy atom. The standard InChI is InChI=1S/C15H17ClN2O4S2/c1-3-14(19)17-15-18(10-6-9(16)4-5-12(10)22-2)11-7-24(20,21)8-13(11)23-15/h4-6,11,13H,3,7-8H2,1-2H3/t11-,13-/m1/s1. The molecule has 24 heavy (non-hydrogen) atoms. The zero-order chi connectivity index (χ0) is 17.5. The molecule has 130 valence electrons. The Labute approximate surface area is 150 Å². The van der Waals surface area contributed by atoms with Gasteiger partial charge >= 0.3 is 0 Å². The lowest BCUT2D eigenvalue weighted by molar-refractivity contribution is -0.117. The average Bonchev–Trinajstić information content (AvgIpc) is 2.97. The molecule has 1 aromatic rings. The summed E-state index contributed by atoms with van der Waals surface area (Å²) < 4.78 is 29.4. The van der Waals surface area contributed by atoms with Gasteiger partial charge in [0.1, 0.15) is 5.75 Å². The second kappa shape index (κ2) is 6.57. The normalized spacial score (nSPS) is 26.6. The quantitative estimate of drug-likeness (QED) is 0.791. The number of halogens is 1. The van der Waals surface area contributed by atoms with Gasteiger partial charge in [-0.1, -0.05) is 30.3 Å². The van der Waals surface area contributed by atoms with E-state index in [1.165, 1.54) is 18.9 Å². The van der Waals surface area contributed by atoms with Crippen molar-refractivity contribution in [3.05, 3.63) is 23.2 Å². The molecule has 2 aliphatic heterocycles. The van der Waals surface area contributed by atoms with Crippen LogP contribution in [0.15, 0.2) is 23.2 Å². The summed E-state index contributed by atoms with van der Waals surface area (Å²) >= 11 is 7.45. The molecule has 2 heterocycles. The maximum atomic E-state index is 12.0. The van der Waals surface area contributed by atoms with Crippen LogP contribution in [-0.4, -0.2) is 49.4 Å². The number of benzene rings is 1. The highest BCUT2D eigenvalue weighted by Crippen LogP contribution is 2.44. The molecule has 0 N–H and O–H groups in total. The van der Waals surface area contributed by atoms with E-state index in [1.807, 2.05) is 0 Å². The van der Waals surface area contributed by atoms with Crippen LogP contribution in [0.3, 0.4) is 0 Å². The van der Waals surface area contributed by atoms with Crippen molar-refractivity contribution in [1.82, 2.24) is 0 Å². The fraction of sp³-hybridized carbons (Fsp3) is 0.467. The summed E-state index contributed by atoms with van der Waals surface area (Å²) in [6, 6.07) is 4.85. The van der Waals surface area contributed by atoms with Crippen molar-refractivity contribution in [2.45, 2.75) is 24.6 Å². The van der Waals surface area contributed by atoms with Gasteiger partial charge in [0.25, 0.3) is 0 Å². The van der Waals surface area contributed by atoms with Gasteiger partial charge in [-0.15, -0.1) is 0 Å². The Hall–Kier alpha value is -1.25. The monoisotopic (exact) mass is 388 g/mol. The Morgan fingerprint density at radius 3 is 2.88 bits per heavy atom. The van der Waals surface area contributed by atoms with Gasteiger partial charge in [-0.2, -0.15) is 4.99 Å². The van der Waals surface area contributed by atoms with Gasteiger partial charge < -0.3 is 9.64 Å². The summed E-state index contributed by atoms with van der Waals surface area (Å²) in [6.07, 6.45) is 0.290. The lowest BCUT2D eigenvalue weighted by Crippen LogP contribution is -2.38. The van der Waals surface area contributed by atoms with Gasteiger partial charge in [0.15, 0.2) is 15.0 Å². The maximum absolute atomic E-state index is 12.0. The third-order valence-corrected chi connectivity index (χ3v) is 7.43. The first kappa shape index (κ1) is 17.6. The number of aliphatic imine (C=N–C) groups is 1. The number of thioether (sulfide) groups is 1. The molecular formula is C15H17ClN2O4S2. The van der Waals surface area contributed by atoms with E-state index in [-0.39, 0.29) is 35.1 Å². The number of hydrogen-bond donors (Lipinski definition) is 0. The zero-order valence-corrected chi connectivity index (χ0v) is 15.6. The number of amides is 1. The first-order valence-electron chi connectivity index (χ1n) is 7.46. The molecule has 6 nitrogen and oxygen atoms in total. The second-order valence-electron chi connectivity index (χ2n) is 5.63. The van der Waals surface area contributed by atoms with Crippen molar-refractivity contribution in [3.8, 4) is 5.75 Å². The fourth-order valence-electron chi connectivity index (χ4n) is 2.88. The summed E-state index contributed by atoms with van der Waals surface area (Å²) in [5.74, 6) is 0.425. The average molecular weight is 389 g/mol. The van der Waals surface area contributed by atoms with E-state index >= 15 is 0 Å². The molecule has 0 aromatic heterocycles. The van der Waals surface area contributed by atoms with Crippen LogP contribution < -0.4 is 9.64 Å².